The molecule has 0 radical (unpaired) electrons. The second-order valence-corrected chi connectivity index (χ2v) is 3.05. The summed E-state index contributed by atoms with van der Waals surface area (Å²) in [5, 5.41) is 18.4. The van der Waals surface area contributed by atoms with E-state index in [1.165, 1.54) is 13.2 Å². The highest BCUT2D eigenvalue weighted by Crippen LogP contribution is 2.29. The summed E-state index contributed by atoms with van der Waals surface area (Å²) in [6, 6.07) is 3.91. The van der Waals surface area contributed by atoms with Crippen LogP contribution in [-0.2, 0) is 0 Å². The van der Waals surface area contributed by atoms with Crippen LogP contribution in [0.4, 0.5) is 5.69 Å². The van der Waals surface area contributed by atoms with Crippen LogP contribution in [0.1, 0.15) is 15.9 Å². The molecule has 0 aromatic heterocycles. The predicted octanol–water partition coefficient (Wildman–Crippen LogP) is 1.85. The quantitative estimate of drug-likeness (QED) is 0.457. The van der Waals surface area contributed by atoms with Crippen LogP contribution in [0.2, 0.25) is 0 Å². The first-order valence-electron chi connectivity index (χ1n) is 3.97. The van der Waals surface area contributed by atoms with E-state index in [1.807, 2.05) is 0 Å². The Kier molecular flexibility index (Phi) is 3.43. The lowest BCUT2D eigenvalue weighted by atomic mass is 10.1. The molecule has 7 heteroatoms. The Morgan fingerprint density at radius 1 is 1.62 bits per heavy atom. The third-order valence-corrected chi connectivity index (χ3v) is 2.03. The predicted molar refractivity (Wildman–Crippen MR) is 54.5 cm³/mol. The van der Waals surface area contributed by atoms with Crippen molar-refractivity contribution < 1.29 is 14.5 Å². The van der Waals surface area contributed by atoms with Crippen LogP contribution in [0.15, 0.2) is 12.1 Å². The van der Waals surface area contributed by atoms with E-state index < -0.39 is 21.4 Å². The van der Waals surface area contributed by atoms with Gasteiger partial charge in [-0.3, -0.25) is 14.9 Å². The van der Waals surface area contributed by atoms with Crippen LogP contribution >= 0.6 is 11.6 Å². The highest BCUT2D eigenvalue weighted by Gasteiger charge is 2.24. The highest BCUT2D eigenvalue weighted by atomic mass is 35.5. The van der Waals surface area contributed by atoms with Crippen LogP contribution in [-0.4, -0.2) is 17.3 Å². The zero-order valence-electron chi connectivity index (χ0n) is 8.06. The Morgan fingerprint density at radius 2 is 2.25 bits per heavy atom. The molecular weight excluding hydrogens is 236 g/mol. The van der Waals surface area contributed by atoms with E-state index in [0.29, 0.717) is 0 Å². The maximum atomic E-state index is 11.0. The van der Waals surface area contributed by atoms with Gasteiger partial charge in [-0.25, -0.2) is 0 Å². The first-order chi connectivity index (χ1) is 7.51. The molecule has 0 amide bonds. The zero-order chi connectivity index (χ0) is 12.3. The van der Waals surface area contributed by atoms with Crippen molar-refractivity contribution in [1.29, 1.82) is 5.26 Å². The monoisotopic (exact) mass is 240 g/mol. The molecule has 16 heavy (non-hydrogen) atoms. The molecule has 0 heterocycles. The number of benzene rings is 1. The van der Waals surface area contributed by atoms with Gasteiger partial charge in [0.2, 0.25) is 0 Å². The Labute approximate surface area is 95.2 Å². The number of rotatable bonds is 3. The third kappa shape index (κ3) is 2.10. The number of methoxy groups -OCH3 is 1. The van der Waals surface area contributed by atoms with Crippen LogP contribution in [0.25, 0.3) is 0 Å². The summed E-state index contributed by atoms with van der Waals surface area (Å²) >= 11 is 5.20. The lowest BCUT2D eigenvalue weighted by Crippen LogP contribution is -2.02. The minimum atomic E-state index is -1.05. The second-order valence-electron chi connectivity index (χ2n) is 2.71. The van der Waals surface area contributed by atoms with Gasteiger partial charge in [-0.15, -0.1) is 0 Å². The molecule has 6 nitrogen and oxygen atoms in total. The van der Waals surface area contributed by atoms with Gasteiger partial charge in [-0.1, -0.05) is 0 Å². The van der Waals surface area contributed by atoms with Gasteiger partial charge in [0.25, 0.3) is 10.9 Å². The largest absolute Gasteiger partial charge is 0.496 e. The van der Waals surface area contributed by atoms with Gasteiger partial charge in [0.1, 0.15) is 17.4 Å². The fraction of sp³-hybridized carbons (Fsp3) is 0.111. The molecule has 82 valence electrons. The Bertz CT molecular complexity index is 507. The number of halogens is 1. The van der Waals surface area contributed by atoms with E-state index in [2.05, 4.69) is 0 Å². The molecule has 0 N–H and O–H groups in total. The van der Waals surface area contributed by atoms with E-state index in [9.17, 15) is 14.9 Å². The number of nitriles is 1. The summed E-state index contributed by atoms with van der Waals surface area (Å²) in [7, 11) is 1.29. The number of nitro benzene ring substituents is 1. The molecule has 0 aliphatic carbocycles. The molecule has 0 aliphatic heterocycles. The minimum absolute atomic E-state index is 0.116. The lowest BCUT2D eigenvalue weighted by molar-refractivity contribution is -0.385. The average Bonchev–Trinajstić information content (AvgIpc) is 2.26. The summed E-state index contributed by atoms with van der Waals surface area (Å²) in [4.78, 5) is 20.9. The average molecular weight is 241 g/mol. The van der Waals surface area contributed by atoms with E-state index in [4.69, 9.17) is 21.6 Å². The smallest absolute Gasteiger partial charge is 0.286 e. The summed E-state index contributed by atoms with van der Waals surface area (Å²) < 4.78 is 4.77. The molecule has 1 rings (SSSR count). The van der Waals surface area contributed by atoms with Crippen molar-refractivity contribution in [3.05, 3.63) is 33.4 Å². The second kappa shape index (κ2) is 4.59. The Hall–Kier alpha value is -2.13. The molecule has 0 saturated heterocycles. The molecule has 0 atom stereocenters. The molecule has 0 spiro atoms. The molecule has 1 aromatic carbocycles. The van der Waals surface area contributed by atoms with Gasteiger partial charge in [-0.05, 0) is 17.7 Å². The van der Waals surface area contributed by atoms with Crippen LogP contribution in [0.3, 0.4) is 0 Å². The van der Waals surface area contributed by atoms with Crippen molar-refractivity contribution in [3.63, 3.8) is 0 Å². The van der Waals surface area contributed by atoms with Crippen LogP contribution in [0.5, 0.6) is 5.75 Å². The van der Waals surface area contributed by atoms with Gasteiger partial charge in [0.05, 0.1) is 23.7 Å². The first kappa shape index (κ1) is 11.9. The van der Waals surface area contributed by atoms with Gasteiger partial charge < -0.3 is 4.74 Å². The molecule has 0 saturated carbocycles. The normalized spacial score (nSPS) is 9.31. The van der Waals surface area contributed by atoms with E-state index in [1.54, 1.807) is 6.07 Å². The van der Waals surface area contributed by atoms with Crippen molar-refractivity contribution in [3.8, 4) is 11.8 Å². The number of nitrogens with zero attached hydrogens (tertiary/aromatic N) is 2. The van der Waals surface area contributed by atoms with Gasteiger partial charge >= 0.3 is 0 Å². The topological polar surface area (TPSA) is 93.2 Å². The van der Waals surface area contributed by atoms with Crippen molar-refractivity contribution in [2.75, 3.05) is 7.11 Å². The molecule has 0 fully saturated rings. The van der Waals surface area contributed by atoms with E-state index in [-0.39, 0.29) is 11.3 Å². The van der Waals surface area contributed by atoms with Crippen LogP contribution < -0.4 is 4.74 Å². The van der Waals surface area contributed by atoms with Gasteiger partial charge in [0.15, 0.2) is 0 Å². The van der Waals surface area contributed by atoms with Crippen molar-refractivity contribution in [1.82, 2.24) is 0 Å². The summed E-state index contributed by atoms with van der Waals surface area (Å²) in [6.45, 7) is 0. The number of carbonyl (C=O) groups is 1. The third-order valence-electron chi connectivity index (χ3n) is 1.84. The lowest BCUT2D eigenvalue weighted by Gasteiger charge is -2.04. The fourth-order valence-electron chi connectivity index (χ4n) is 1.16. The number of hydrogen-bond donors (Lipinski definition) is 0. The number of hydrogen-bond acceptors (Lipinski definition) is 5. The molecular formula is C9H5ClN2O4. The van der Waals surface area contributed by atoms with Crippen molar-refractivity contribution in [2.45, 2.75) is 0 Å². The summed E-state index contributed by atoms with van der Waals surface area (Å²) in [5.74, 6) is 0.116. The molecule has 0 unspecified atom stereocenters. The molecule has 1 aromatic rings. The zero-order valence-corrected chi connectivity index (χ0v) is 8.82. The minimum Gasteiger partial charge on any atom is -0.496 e. The van der Waals surface area contributed by atoms with Gasteiger partial charge in [-0.2, -0.15) is 5.26 Å². The maximum absolute atomic E-state index is 11.0. The Balaban J connectivity index is 3.62. The first-order valence-corrected chi connectivity index (χ1v) is 4.35. The highest BCUT2D eigenvalue weighted by molar-refractivity contribution is 6.68. The molecule has 0 bridgehead atoms. The number of carbonyl (C=O) groups excluding carboxylic acids is 1. The van der Waals surface area contributed by atoms with Crippen LogP contribution in [0, 0.1) is 21.4 Å². The molecule has 0 aliphatic rings. The fourth-order valence-corrected chi connectivity index (χ4v) is 1.36. The van der Waals surface area contributed by atoms with Gasteiger partial charge in [0, 0.05) is 0 Å². The summed E-state index contributed by atoms with van der Waals surface area (Å²) in [5.41, 5.74) is -1.16. The maximum Gasteiger partial charge on any atom is 0.286 e. The SMILES string of the molecule is COc1cc(C#N)c(C(=O)Cl)c([N+](=O)[O-])c1. The number of ether oxygens (including phenoxy) is 1. The van der Waals surface area contributed by atoms with Crippen molar-refractivity contribution in [2.24, 2.45) is 0 Å². The van der Waals surface area contributed by atoms with E-state index in [0.717, 1.165) is 6.07 Å². The van der Waals surface area contributed by atoms with Crippen molar-refractivity contribution >= 4 is 22.5 Å². The number of nitro groups is 1. The van der Waals surface area contributed by atoms with E-state index >= 15 is 0 Å². The summed E-state index contributed by atoms with van der Waals surface area (Å²) in [6.07, 6.45) is 0. The Morgan fingerprint density at radius 3 is 2.62 bits per heavy atom. The standard InChI is InChI=1S/C9H5ClN2O4/c1-16-6-2-5(4-11)8(9(10)13)7(3-6)12(14)15/h2-3H,1H3.